The van der Waals surface area contributed by atoms with Crippen molar-refractivity contribution in [1.82, 2.24) is 24.0 Å². The van der Waals surface area contributed by atoms with E-state index in [0.29, 0.717) is 5.56 Å². The van der Waals surface area contributed by atoms with Crippen molar-refractivity contribution in [3.05, 3.63) is 125 Å². The zero-order valence-corrected chi connectivity index (χ0v) is 24.3. The van der Waals surface area contributed by atoms with Gasteiger partial charge >= 0.3 is 11.4 Å². The van der Waals surface area contributed by atoms with Crippen LogP contribution in [-0.2, 0) is 23.2 Å². The lowest BCUT2D eigenvalue weighted by Gasteiger charge is -2.24. The normalized spacial score (nSPS) is 11.2. The molecule has 0 aliphatic rings. The van der Waals surface area contributed by atoms with E-state index < -0.39 is 49.2 Å². The summed E-state index contributed by atoms with van der Waals surface area (Å²) in [5.74, 6) is -1.24. The van der Waals surface area contributed by atoms with Gasteiger partial charge in [-0.05, 0) is 37.3 Å². The molecule has 15 nitrogen and oxygen atoms in total. The number of hydrogen-bond acceptors (Lipinski definition) is 9. The number of carbonyl (C=O) groups excluding carboxylic acids is 2. The Morgan fingerprint density at radius 2 is 1.45 bits per heavy atom. The molecule has 16 heteroatoms. The number of ketones is 1. The fraction of sp³-hybridized carbons (Fsp3) is 0.214. The Labute approximate surface area is 248 Å². The van der Waals surface area contributed by atoms with E-state index in [-0.39, 0.29) is 48.6 Å². The molecule has 0 saturated carbocycles. The van der Waals surface area contributed by atoms with Gasteiger partial charge in [-0.25, -0.2) is 9.59 Å². The van der Waals surface area contributed by atoms with Gasteiger partial charge in [0, 0.05) is 66.9 Å². The van der Waals surface area contributed by atoms with Crippen molar-refractivity contribution in [3.8, 4) is 5.75 Å². The van der Waals surface area contributed by atoms with E-state index in [1.54, 1.807) is 0 Å². The van der Waals surface area contributed by atoms with Gasteiger partial charge in [0.2, 0.25) is 0 Å². The number of H-pyrrole nitrogens is 2. The standard InChI is InChI=1S/C28H27N5O10S/c1-17-16-33(28(39)30-25(17)36)14-12-31(11-13-32-10-9-23(34)29-27(32)38)26(37)19-5-3-18(4-6-19)24(35)20-7-8-21(43-2)22(15-20)44(40,41)42/h3-10,15-16H,11-14H2,1-2H3,(H,29,34,38)(H,30,36,39)(H,40,41,42). The second kappa shape index (κ2) is 12.9. The molecule has 2 aromatic carbocycles. The van der Waals surface area contributed by atoms with Crippen LogP contribution in [0.2, 0.25) is 0 Å². The van der Waals surface area contributed by atoms with E-state index in [9.17, 15) is 41.7 Å². The van der Waals surface area contributed by atoms with Gasteiger partial charge in [0.05, 0.1) is 7.11 Å². The van der Waals surface area contributed by atoms with Crippen molar-refractivity contribution in [2.45, 2.75) is 24.9 Å². The van der Waals surface area contributed by atoms with E-state index in [1.165, 1.54) is 76.9 Å². The average molecular weight is 626 g/mol. The highest BCUT2D eigenvalue weighted by atomic mass is 32.2. The molecule has 4 rings (SSSR count). The average Bonchev–Trinajstić information content (AvgIpc) is 2.99. The Hall–Kier alpha value is -5.35. The van der Waals surface area contributed by atoms with Crippen LogP contribution in [-0.4, -0.2) is 68.9 Å². The topological polar surface area (TPSA) is 211 Å². The van der Waals surface area contributed by atoms with Crippen LogP contribution in [0.3, 0.4) is 0 Å². The number of methoxy groups -OCH3 is 1. The summed E-state index contributed by atoms with van der Waals surface area (Å²) >= 11 is 0. The van der Waals surface area contributed by atoms with E-state index in [0.717, 1.165) is 12.1 Å². The van der Waals surface area contributed by atoms with Crippen LogP contribution in [0.4, 0.5) is 0 Å². The molecule has 0 radical (unpaired) electrons. The van der Waals surface area contributed by atoms with E-state index >= 15 is 0 Å². The van der Waals surface area contributed by atoms with Gasteiger partial charge in [-0.3, -0.25) is 42.8 Å². The van der Waals surface area contributed by atoms with E-state index in [1.807, 2.05) is 0 Å². The van der Waals surface area contributed by atoms with Crippen molar-refractivity contribution in [2.75, 3.05) is 20.2 Å². The second-order valence-corrected chi connectivity index (χ2v) is 11.0. The predicted octanol–water partition coefficient (Wildman–Crippen LogP) is 0.0239. The largest absolute Gasteiger partial charge is 0.495 e. The molecule has 1 amide bonds. The van der Waals surface area contributed by atoms with Crippen LogP contribution in [0.1, 0.15) is 31.8 Å². The summed E-state index contributed by atoms with van der Waals surface area (Å²) in [5.41, 5.74) is -1.92. The van der Waals surface area contributed by atoms with Crippen LogP contribution in [0.25, 0.3) is 0 Å². The number of rotatable bonds is 11. The molecule has 0 aliphatic heterocycles. The number of nitrogens with zero attached hydrogens (tertiary/aromatic N) is 3. The Kier molecular flexibility index (Phi) is 9.25. The van der Waals surface area contributed by atoms with Crippen LogP contribution < -0.4 is 27.2 Å². The molecule has 0 fully saturated rings. The first-order valence-corrected chi connectivity index (χ1v) is 14.4. The van der Waals surface area contributed by atoms with Crippen LogP contribution in [0.5, 0.6) is 5.75 Å². The number of ether oxygens (including phenoxy) is 1. The third-order valence-electron chi connectivity index (χ3n) is 6.69. The lowest BCUT2D eigenvalue weighted by molar-refractivity contribution is 0.0742. The highest BCUT2D eigenvalue weighted by Crippen LogP contribution is 2.26. The molecule has 0 saturated heterocycles. The molecule has 2 aromatic heterocycles. The maximum Gasteiger partial charge on any atom is 0.328 e. The molecule has 0 unspecified atom stereocenters. The number of hydrogen-bond donors (Lipinski definition) is 3. The van der Waals surface area contributed by atoms with Gasteiger partial charge in [0.1, 0.15) is 10.6 Å². The maximum absolute atomic E-state index is 13.6. The van der Waals surface area contributed by atoms with Crippen LogP contribution in [0.15, 0.2) is 85.0 Å². The minimum Gasteiger partial charge on any atom is -0.495 e. The molecule has 3 N–H and O–H groups in total. The molecular formula is C28H27N5O10S. The van der Waals surface area contributed by atoms with Gasteiger partial charge in [-0.15, -0.1) is 0 Å². The molecular weight excluding hydrogens is 598 g/mol. The summed E-state index contributed by atoms with van der Waals surface area (Å²) in [6.07, 6.45) is 2.65. The first kappa shape index (κ1) is 31.6. The Balaban J connectivity index is 1.59. The second-order valence-electron chi connectivity index (χ2n) is 9.61. The minimum atomic E-state index is -4.68. The Bertz CT molecular complexity index is 2080. The van der Waals surface area contributed by atoms with Gasteiger partial charge in [-0.1, -0.05) is 12.1 Å². The van der Waals surface area contributed by atoms with Gasteiger partial charge in [0.15, 0.2) is 5.78 Å². The predicted molar refractivity (Wildman–Crippen MR) is 156 cm³/mol. The lowest BCUT2D eigenvalue weighted by Crippen LogP contribution is -2.40. The zero-order chi connectivity index (χ0) is 32.2. The van der Waals surface area contributed by atoms with Crippen LogP contribution >= 0.6 is 0 Å². The number of aromatic amines is 2. The molecule has 44 heavy (non-hydrogen) atoms. The first-order chi connectivity index (χ1) is 20.8. The van der Waals surface area contributed by atoms with E-state index in [4.69, 9.17) is 4.74 Å². The Morgan fingerprint density at radius 1 is 0.864 bits per heavy atom. The summed E-state index contributed by atoms with van der Waals surface area (Å²) in [5, 5.41) is 0. The lowest BCUT2D eigenvalue weighted by atomic mass is 10.0. The quantitative estimate of drug-likeness (QED) is 0.150. The monoisotopic (exact) mass is 625 g/mol. The SMILES string of the molecule is COc1ccc(C(=O)c2ccc(C(=O)N(CCn3ccc(=O)[nH]c3=O)CCn3cc(C)c(=O)[nH]c3=O)cc2)cc1S(=O)(=O)O. The molecule has 0 atom stereocenters. The number of amides is 1. The third kappa shape index (κ3) is 7.16. The number of aromatic nitrogens is 4. The first-order valence-electron chi connectivity index (χ1n) is 13.0. The number of benzene rings is 2. The summed E-state index contributed by atoms with van der Waals surface area (Å²) in [7, 11) is -3.47. The smallest absolute Gasteiger partial charge is 0.328 e. The molecule has 2 heterocycles. The van der Waals surface area contributed by atoms with Gasteiger partial charge in [-0.2, -0.15) is 8.42 Å². The molecule has 0 bridgehead atoms. The number of aryl methyl sites for hydroxylation is 1. The van der Waals surface area contributed by atoms with E-state index in [2.05, 4.69) is 9.97 Å². The fourth-order valence-electron chi connectivity index (χ4n) is 4.31. The zero-order valence-electron chi connectivity index (χ0n) is 23.5. The van der Waals surface area contributed by atoms with Crippen LogP contribution in [0, 0.1) is 6.92 Å². The van der Waals surface area contributed by atoms with Crippen molar-refractivity contribution in [1.29, 1.82) is 0 Å². The number of nitrogens with one attached hydrogen (secondary N) is 2. The maximum atomic E-state index is 13.6. The minimum absolute atomic E-state index is 0.00500. The Morgan fingerprint density at radius 3 is 2.07 bits per heavy atom. The summed E-state index contributed by atoms with van der Waals surface area (Å²) in [6, 6.07) is 10.2. The molecule has 0 spiro atoms. The highest BCUT2D eigenvalue weighted by Gasteiger charge is 2.21. The summed E-state index contributed by atoms with van der Waals surface area (Å²) < 4.78 is 40.3. The van der Waals surface area contributed by atoms with Crippen molar-refractivity contribution >= 4 is 21.8 Å². The highest BCUT2D eigenvalue weighted by molar-refractivity contribution is 7.86. The number of carbonyl (C=O) groups is 2. The molecule has 0 aliphatic carbocycles. The van der Waals surface area contributed by atoms with Crippen molar-refractivity contribution in [2.24, 2.45) is 0 Å². The molecule has 4 aromatic rings. The van der Waals surface area contributed by atoms with Crippen molar-refractivity contribution < 1.29 is 27.3 Å². The van der Waals surface area contributed by atoms with Crippen molar-refractivity contribution in [3.63, 3.8) is 0 Å². The van der Waals surface area contributed by atoms with Gasteiger partial charge in [0.25, 0.3) is 27.1 Å². The van der Waals surface area contributed by atoms with Gasteiger partial charge < -0.3 is 9.64 Å². The summed E-state index contributed by atoms with van der Waals surface area (Å²) in [4.78, 5) is 79.3. The molecule has 230 valence electrons. The fourth-order valence-corrected chi connectivity index (χ4v) is 4.99. The third-order valence-corrected chi connectivity index (χ3v) is 7.57. The summed E-state index contributed by atoms with van der Waals surface area (Å²) in [6.45, 7) is 1.52.